The third-order valence-electron chi connectivity index (χ3n) is 1.88. The maximum atomic E-state index is 5.82. The van der Waals surface area contributed by atoms with E-state index >= 15 is 0 Å². The summed E-state index contributed by atoms with van der Waals surface area (Å²) in [6, 6.07) is 0. The third kappa shape index (κ3) is 1.39. The van der Waals surface area contributed by atoms with Gasteiger partial charge in [-0.1, -0.05) is 20.8 Å². The summed E-state index contributed by atoms with van der Waals surface area (Å²) in [7, 11) is 0. The lowest BCUT2D eigenvalue weighted by Crippen LogP contribution is -1.94. The normalized spacial score (nSPS) is 10.9. The van der Waals surface area contributed by atoms with Crippen LogP contribution in [0.1, 0.15) is 38.0 Å². The van der Waals surface area contributed by atoms with Crippen molar-refractivity contribution in [3.05, 3.63) is 17.6 Å². The molecule has 0 radical (unpaired) electrons. The number of furan rings is 1. The van der Waals surface area contributed by atoms with Crippen molar-refractivity contribution < 1.29 is 4.42 Å². The van der Waals surface area contributed by atoms with Crippen LogP contribution in [0.2, 0.25) is 0 Å². The van der Waals surface area contributed by atoms with E-state index in [0.717, 1.165) is 23.4 Å². The maximum Gasteiger partial charge on any atom is 0.126 e. The molecule has 0 unspecified atom stereocenters. The second kappa shape index (κ2) is 2.99. The molecule has 1 aromatic heterocycles. The summed E-state index contributed by atoms with van der Waals surface area (Å²) in [5.41, 5.74) is 7.78. The first kappa shape index (κ1) is 8.18. The van der Waals surface area contributed by atoms with Gasteiger partial charge in [-0.2, -0.15) is 0 Å². The minimum atomic E-state index is 0.457. The maximum absolute atomic E-state index is 5.82. The van der Waals surface area contributed by atoms with Gasteiger partial charge in [0.05, 0.1) is 12.0 Å². The van der Waals surface area contributed by atoms with Crippen LogP contribution in [0.15, 0.2) is 10.7 Å². The van der Waals surface area contributed by atoms with Gasteiger partial charge in [-0.15, -0.1) is 0 Å². The summed E-state index contributed by atoms with van der Waals surface area (Å²) in [5, 5.41) is 0. The highest BCUT2D eigenvalue weighted by atomic mass is 16.3. The van der Waals surface area contributed by atoms with Crippen molar-refractivity contribution in [2.75, 3.05) is 5.73 Å². The topological polar surface area (TPSA) is 39.2 Å². The molecule has 0 aliphatic rings. The molecular weight excluding hydrogens is 138 g/mol. The van der Waals surface area contributed by atoms with Gasteiger partial charge in [0.15, 0.2) is 0 Å². The lowest BCUT2D eigenvalue weighted by atomic mass is 10.0. The Morgan fingerprint density at radius 3 is 2.45 bits per heavy atom. The fourth-order valence-corrected chi connectivity index (χ4v) is 1.14. The van der Waals surface area contributed by atoms with Crippen LogP contribution < -0.4 is 5.73 Å². The molecule has 62 valence electrons. The summed E-state index contributed by atoms with van der Waals surface area (Å²) in [6.07, 6.45) is 2.64. The lowest BCUT2D eigenvalue weighted by Gasteiger charge is -2.01. The Labute approximate surface area is 67.4 Å². The van der Waals surface area contributed by atoms with Crippen molar-refractivity contribution in [1.29, 1.82) is 0 Å². The second-order valence-electron chi connectivity index (χ2n) is 3.04. The quantitative estimate of drug-likeness (QED) is 0.709. The molecule has 2 heteroatoms. The van der Waals surface area contributed by atoms with E-state index in [1.54, 1.807) is 6.26 Å². The number of hydrogen-bond donors (Lipinski definition) is 1. The van der Waals surface area contributed by atoms with Crippen molar-refractivity contribution in [2.45, 2.75) is 33.1 Å². The fourth-order valence-electron chi connectivity index (χ4n) is 1.14. The molecule has 0 fully saturated rings. The van der Waals surface area contributed by atoms with E-state index in [9.17, 15) is 0 Å². The van der Waals surface area contributed by atoms with Crippen LogP contribution in [0.4, 0.5) is 5.69 Å². The first-order valence-electron chi connectivity index (χ1n) is 4.02. The van der Waals surface area contributed by atoms with E-state index in [2.05, 4.69) is 13.8 Å². The highest BCUT2D eigenvalue weighted by Crippen LogP contribution is 2.26. The Morgan fingerprint density at radius 2 is 2.18 bits per heavy atom. The Hall–Kier alpha value is -0.920. The van der Waals surface area contributed by atoms with Gasteiger partial charge in [0.1, 0.15) is 5.76 Å². The van der Waals surface area contributed by atoms with Crippen molar-refractivity contribution >= 4 is 5.69 Å². The molecule has 0 spiro atoms. The summed E-state index contributed by atoms with van der Waals surface area (Å²) >= 11 is 0. The van der Waals surface area contributed by atoms with Gasteiger partial charge in [0.25, 0.3) is 0 Å². The van der Waals surface area contributed by atoms with Crippen molar-refractivity contribution in [1.82, 2.24) is 0 Å². The highest BCUT2D eigenvalue weighted by Gasteiger charge is 2.10. The van der Waals surface area contributed by atoms with E-state index in [1.807, 2.05) is 6.92 Å². The molecule has 2 nitrogen and oxygen atoms in total. The molecule has 2 N–H and O–H groups in total. The van der Waals surface area contributed by atoms with Crippen LogP contribution in [-0.2, 0) is 6.42 Å². The number of nitrogens with two attached hydrogens (primary N) is 1. The van der Waals surface area contributed by atoms with Gasteiger partial charge < -0.3 is 10.2 Å². The molecule has 0 saturated carbocycles. The van der Waals surface area contributed by atoms with E-state index in [-0.39, 0.29) is 0 Å². The average molecular weight is 153 g/mol. The van der Waals surface area contributed by atoms with Crippen LogP contribution in [0.5, 0.6) is 0 Å². The zero-order valence-electron chi connectivity index (χ0n) is 7.35. The molecule has 0 aromatic carbocycles. The number of nitrogen functional groups attached to an aromatic ring is 1. The zero-order valence-corrected chi connectivity index (χ0v) is 7.35. The van der Waals surface area contributed by atoms with E-state index < -0.39 is 0 Å². The molecule has 1 aromatic rings. The second-order valence-corrected chi connectivity index (χ2v) is 3.04. The molecule has 0 bridgehead atoms. The Morgan fingerprint density at radius 1 is 1.55 bits per heavy atom. The van der Waals surface area contributed by atoms with Gasteiger partial charge in [-0.05, 0) is 5.92 Å². The van der Waals surface area contributed by atoms with Crippen LogP contribution >= 0.6 is 0 Å². The first-order valence-corrected chi connectivity index (χ1v) is 4.02. The van der Waals surface area contributed by atoms with Gasteiger partial charge in [-0.25, -0.2) is 0 Å². The summed E-state index contributed by atoms with van der Waals surface area (Å²) in [4.78, 5) is 0. The van der Waals surface area contributed by atoms with Crippen LogP contribution in [0.3, 0.4) is 0 Å². The average Bonchev–Trinajstić information content (AvgIpc) is 2.30. The smallest absolute Gasteiger partial charge is 0.126 e. The van der Waals surface area contributed by atoms with Crippen LogP contribution in [-0.4, -0.2) is 0 Å². The van der Waals surface area contributed by atoms with Crippen LogP contribution in [0, 0.1) is 0 Å². The predicted octanol–water partition coefficient (Wildman–Crippen LogP) is 2.55. The Balaban J connectivity index is 3.00. The monoisotopic (exact) mass is 153 g/mol. The van der Waals surface area contributed by atoms with Gasteiger partial charge >= 0.3 is 0 Å². The molecule has 1 rings (SSSR count). The van der Waals surface area contributed by atoms with Gasteiger partial charge in [-0.3, -0.25) is 0 Å². The molecule has 1 heterocycles. The van der Waals surface area contributed by atoms with Gasteiger partial charge in [0.2, 0.25) is 0 Å². The zero-order chi connectivity index (χ0) is 8.43. The standard InChI is InChI=1S/C9H15NO/c1-4-8-9(10)7(5-11-8)6(2)3/h5-6H,4,10H2,1-3H3. The molecule has 11 heavy (non-hydrogen) atoms. The predicted molar refractivity (Wildman–Crippen MR) is 46.6 cm³/mol. The number of hydrogen-bond acceptors (Lipinski definition) is 2. The Bertz CT molecular complexity index is 238. The van der Waals surface area contributed by atoms with E-state index in [1.165, 1.54) is 0 Å². The summed E-state index contributed by atoms with van der Waals surface area (Å²) in [6.45, 7) is 6.26. The lowest BCUT2D eigenvalue weighted by molar-refractivity contribution is 0.514. The molecule has 0 atom stereocenters. The van der Waals surface area contributed by atoms with Crippen molar-refractivity contribution in [3.63, 3.8) is 0 Å². The first-order chi connectivity index (χ1) is 5.16. The highest BCUT2D eigenvalue weighted by molar-refractivity contribution is 5.50. The van der Waals surface area contributed by atoms with Crippen LogP contribution in [0.25, 0.3) is 0 Å². The van der Waals surface area contributed by atoms with Gasteiger partial charge in [0, 0.05) is 12.0 Å². The third-order valence-corrected chi connectivity index (χ3v) is 1.88. The molecule has 0 saturated heterocycles. The van der Waals surface area contributed by atoms with E-state index in [4.69, 9.17) is 10.2 Å². The molecule has 0 amide bonds. The minimum absolute atomic E-state index is 0.457. The number of rotatable bonds is 2. The summed E-state index contributed by atoms with van der Waals surface area (Å²) in [5.74, 6) is 1.37. The van der Waals surface area contributed by atoms with Crippen molar-refractivity contribution in [2.24, 2.45) is 0 Å². The molecule has 0 aliphatic carbocycles. The summed E-state index contributed by atoms with van der Waals surface area (Å²) < 4.78 is 5.28. The minimum Gasteiger partial charge on any atom is -0.467 e. The van der Waals surface area contributed by atoms with Crippen molar-refractivity contribution in [3.8, 4) is 0 Å². The Kier molecular flexibility index (Phi) is 2.22. The number of aryl methyl sites for hydroxylation is 1. The largest absolute Gasteiger partial charge is 0.467 e. The fraction of sp³-hybridized carbons (Fsp3) is 0.556. The molecular formula is C9H15NO. The number of anilines is 1. The van der Waals surface area contributed by atoms with E-state index in [0.29, 0.717) is 5.92 Å². The SMILES string of the molecule is CCc1occ(C(C)C)c1N. The molecule has 0 aliphatic heterocycles.